The topological polar surface area (TPSA) is 0 Å². The number of hydrogen-bond acceptors (Lipinski definition) is 0. The van der Waals surface area contributed by atoms with Crippen molar-refractivity contribution in [3.63, 3.8) is 0 Å². The maximum absolute atomic E-state index is 3.96. The molecule has 0 atom stereocenters. The van der Waals surface area contributed by atoms with E-state index in [0.717, 1.165) is 25.7 Å². The first-order valence-corrected chi connectivity index (χ1v) is 7.28. The molecule has 0 aromatic heterocycles. The van der Waals surface area contributed by atoms with Crippen LogP contribution in [0.3, 0.4) is 0 Å². The number of rotatable bonds is 2. The van der Waals surface area contributed by atoms with Gasteiger partial charge in [0.2, 0.25) is 0 Å². The predicted octanol–water partition coefficient (Wildman–Crippen LogP) is 4.86. The minimum atomic E-state index is 1.06. The molecule has 0 heteroatoms. The third kappa shape index (κ3) is 2.46. The van der Waals surface area contributed by atoms with Crippen LogP contribution in [0.4, 0.5) is 0 Å². The first kappa shape index (κ1) is 12.9. The van der Waals surface area contributed by atoms with Crippen molar-refractivity contribution in [1.82, 2.24) is 0 Å². The van der Waals surface area contributed by atoms with Crippen molar-refractivity contribution in [3.05, 3.63) is 82.9 Å². The normalized spacial score (nSPS) is 13.6. The summed E-state index contributed by atoms with van der Waals surface area (Å²) in [6.45, 7) is 7.92. The SMILES string of the molecule is C=Cc1cc2ccc1CCc1ccc(cc1C=C)CC2. The van der Waals surface area contributed by atoms with E-state index in [0.29, 0.717) is 0 Å². The minimum Gasteiger partial charge on any atom is -0.0985 e. The van der Waals surface area contributed by atoms with Crippen molar-refractivity contribution < 1.29 is 0 Å². The molecule has 2 aromatic carbocycles. The molecule has 4 aliphatic carbocycles. The third-order valence-corrected chi connectivity index (χ3v) is 4.23. The van der Waals surface area contributed by atoms with Gasteiger partial charge in [-0.2, -0.15) is 0 Å². The van der Waals surface area contributed by atoms with Gasteiger partial charge in [0.05, 0.1) is 0 Å². The van der Waals surface area contributed by atoms with E-state index in [1.54, 1.807) is 0 Å². The van der Waals surface area contributed by atoms with E-state index in [2.05, 4.69) is 49.6 Å². The van der Waals surface area contributed by atoms with Crippen molar-refractivity contribution in [1.29, 1.82) is 0 Å². The average Bonchev–Trinajstić information content (AvgIpc) is 2.49. The average molecular weight is 260 g/mol. The third-order valence-electron chi connectivity index (χ3n) is 4.23. The largest absolute Gasteiger partial charge is 0.0985 e. The van der Waals surface area contributed by atoms with Crippen LogP contribution in [0.5, 0.6) is 0 Å². The Hall–Kier alpha value is -2.08. The number of benzene rings is 2. The van der Waals surface area contributed by atoms with Gasteiger partial charge in [0.1, 0.15) is 0 Å². The van der Waals surface area contributed by atoms with Crippen LogP contribution in [-0.2, 0) is 25.7 Å². The fraction of sp³-hybridized carbons (Fsp3) is 0.200. The predicted molar refractivity (Wildman–Crippen MR) is 87.9 cm³/mol. The van der Waals surface area contributed by atoms with Crippen LogP contribution in [0.25, 0.3) is 12.2 Å². The van der Waals surface area contributed by atoms with Gasteiger partial charge in [-0.05, 0) is 59.1 Å². The highest BCUT2D eigenvalue weighted by atomic mass is 14.1. The van der Waals surface area contributed by atoms with Gasteiger partial charge >= 0.3 is 0 Å². The Bertz CT molecular complexity index is 602. The zero-order valence-corrected chi connectivity index (χ0v) is 11.9. The highest BCUT2D eigenvalue weighted by molar-refractivity contribution is 5.56. The molecule has 0 N–H and O–H groups in total. The molecule has 0 saturated heterocycles. The summed E-state index contributed by atoms with van der Waals surface area (Å²) in [5.41, 5.74) is 8.16. The number of hydrogen-bond donors (Lipinski definition) is 0. The minimum absolute atomic E-state index is 1.06. The Morgan fingerprint density at radius 2 is 1.10 bits per heavy atom. The Balaban J connectivity index is 2.06. The highest BCUT2D eigenvalue weighted by Gasteiger charge is 2.08. The summed E-state index contributed by atoms with van der Waals surface area (Å²) in [6.07, 6.45) is 8.25. The lowest BCUT2D eigenvalue weighted by Crippen LogP contribution is -2.01. The lowest BCUT2D eigenvalue weighted by molar-refractivity contribution is 0.917. The summed E-state index contributed by atoms with van der Waals surface area (Å²) in [5, 5.41) is 0. The molecule has 0 nitrogen and oxygen atoms in total. The summed E-state index contributed by atoms with van der Waals surface area (Å²) in [7, 11) is 0. The molecule has 0 radical (unpaired) electrons. The van der Waals surface area contributed by atoms with Gasteiger partial charge in [-0.1, -0.05) is 61.7 Å². The van der Waals surface area contributed by atoms with Crippen molar-refractivity contribution in [2.75, 3.05) is 0 Å². The van der Waals surface area contributed by atoms with Gasteiger partial charge in [0, 0.05) is 0 Å². The van der Waals surface area contributed by atoms with Crippen LogP contribution >= 0.6 is 0 Å². The van der Waals surface area contributed by atoms with Gasteiger partial charge in [-0.3, -0.25) is 0 Å². The summed E-state index contributed by atoms with van der Waals surface area (Å²) >= 11 is 0. The standard InChI is InChI=1S/C20H20/c1-3-17-13-15-5-6-16-8-10-20(18(4-2)14-16)12-11-19(17)9-7-15/h3-4,7-10,13-14H,1-2,5-6,11-12H2. The van der Waals surface area contributed by atoms with E-state index < -0.39 is 0 Å². The molecule has 6 rings (SSSR count). The van der Waals surface area contributed by atoms with E-state index in [-0.39, 0.29) is 0 Å². The molecular formula is C20H20. The van der Waals surface area contributed by atoms with Gasteiger partial charge < -0.3 is 0 Å². The fourth-order valence-corrected chi connectivity index (χ4v) is 2.99. The van der Waals surface area contributed by atoms with Gasteiger partial charge in [-0.25, -0.2) is 0 Å². The van der Waals surface area contributed by atoms with Crippen LogP contribution in [0, 0.1) is 0 Å². The lowest BCUT2D eigenvalue weighted by Gasteiger charge is -2.14. The Labute approximate surface area is 121 Å². The van der Waals surface area contributed by atoms with E-state index in [9.17, 15) is 0 Å². The van der Waals surface area contributed by atoms with Crippen LogP contribution in [0.15, 0.2) is 49.6 Å². The monoisotopic (exact) mass is 260 g/mol. The molecule has 0 saturated carbocycles. The Morgan fingerprint density at radius 3 is 1.50 bits per heavy atom. The zero-order valence-electron chi connectivity index (χ0n) is 11.9. The molecule has 20 heavy (non-hydrogen) atoms. The van der Waals surface area contributed by atoms with Crippen molar-refractivity contribution >= 4 is 12.2 Å². The Kier molecular flexibility index (Phi) is 3.56. The maximum Gasteiger partial charge on any atom is -0.0228 e. The molecular weight excluding hydrogens is 240 g/mol. The molecule has 2 aromatic rings. The van der Waals surface area contributed by atoms with Gasteiger partial charge in [0.25, 0.3) is 0 Å². The Morgan fingerprint density at radius 1 is 0.650 bits per heavy atom. The summed E-state index contributed by atoms with van der Waals surface area (Å²) in [5.74, 6) is 0. The molecule has 0 spiro atoms. The van der Waals surface area contributed by atoms with Gasteiger partial charge in [0.15, 0.2) is 0 Å². The van der Waals surface area contributed by atoms with Crippen LogP contribution in [0.1, 0.15) is 33.4 Å². The molecule has 0 amide bonds. The second-order valence-corrected chi connectivity index (χ2v) is 5.47. The first-order chi connectivity index (χ1) is 9.80. The summed E-state index contributed by atoms with van der Waals surface area (Å²) in [6, 6.07) is 13.7. The van der Waals surface area contributed by atoms with Crippen molar-refractivity contribution in [2.24, 2.45) is 0 Å². The molecule has 0 fully saturated rings. The lowest BCUT2D eigenvalue weighted by atomic mass is 9.91. The molecule has 4 aliphatic rings. The van der Waals surface area contributed by atoms with Gasteiger partial charge in [-0.15, -0.1) is 0 Å². The summed E-state index contributed by atoms with van der Waals surface area (Å²) in [4.78, 5) is 0. The second-order valence-electron chi connectivity index (χ2n) is 5.47. The smallest absolute Gasteiger partial charge is 0.0228 e. The molecule has 0 unspecified atom stereocenters. The highest BCUT2D eigenvalue weighted by Crippen LogP contribution is 2.22. The van der Waals surface area contributed by atoms with Crippen LogP contribution in [-0.4, -0.2) is 0 Å². The molecule has 0 aliphatic heterocycles. The summed E-state index contributed by atoms with van der Waals surface area (Å²) < 4.78 is 0. The van der Waals surface area contributed by atoms with Crippen LogP contribution in [0.2, 0.25) is 0 Å². The maximum atomic E-state index is 3.96. The first-order valence-electron chi connectivity index (χ1n) is 7.28. The van der Waals surface area contributed by atoms with E-state index in [4.69, 9.17) is 0 Å². The van der Waals surface area contributed by atoms with Crippen molar-refractivity contribution in [3.8, 4) is 0 Å². The van der Waals surface area contributed by atoms with Crippen LogP contribution < -0.4 is 0 Å². The second kappa shape index (κ2) is 5.50. The van der Waals surface area contributed by atoms with E-state index in [1.807, 2.05) is 12.2 Å². The fourth-order valence-electron chi connectivity index (χ4n) is 2.99. The quantitative estimate of drug-likeness (QED) is 0.723. The molecule has 0 heterocycles. The van der Waals surface area contributed by atoms with E-state index >= 15 is 0 Å². The molecule has 4 bridgehead atoms. The molecule has 100 valence electrons. The zero-order chi connectivity index (χ0) is 13.9. The number of aryl methyl sites for hydroxylation is 4. The van der Waals surface area contributed by atoms with Crippen molar-refractivity contribution in [2.45, 2.75) is 25.7 Å². The van der Waals surface area contributed by atoms with E-state index in [1.165, 1.54) is 33.4 Å².